The van der Waals surface area contributed by atoms with Gasteiger partial charge in [-0.15, -0.1) is 12.4 Å². The van der Waals surface area contributed by atoms with Crippen molar-refractivity contribution in [3.63, 3.8) is 0 Å². The summed E-state index contributed by atoms with van der Waals surface area (Å²) in [5.74, 6) is -0.112. The van der Waals surface area contributed by atoms with Gasteiger partial charge in [0, 0.05) is 38.8 Å². The largest absolute Gasteiger partial charge is 0.368 e. The second-order valence-corrected chi connectivity index (χ2v) is 4.39. The third-order valence-corrected chi connectivity index (χ3v) is 3.20. The molecule has 1 aromatic rings. The molecule has 1 heterocycles. The summed E-state index contributed by atoms with van der Waals surface area (Å²) in [5, 5.41) is 6.51. The maximum atomic E-state index is 11.5. The standard InChI is InChI=1S/C12H16ClN3O.ClH/c1-14-12(17)9-2-3-11(10(13)8-9)16-6-4-15-5-7-16;/h2-3,8,15H,4-7H2,1H3,(H,14,17);1H. The van der Waals surface area contributed by atoms with Crippen molar-refractivity contribution < 1.29 is 4.79 Å². The fraction of sp³-hybridized carbons (Fsp3) is 0.417. The van der Waals surface area contributed by atoms with Gasteiger partial charge in [-0.2, -0.15) is 0 Å². The molecule has 0 saturated carbocycles. The maximum Gasteiger partial charge on any atom is 0.251 e. The van der Waals surface area contributed by atoms with Gasteiger partial charge in [-0.05, 0) is 18.2 Å². The number of benzene rings is 1. The Hall–Kier alpha value is -0.970. The number of carbonyl (C=O) groups is 1. The highest BCUT2D eigenvalue weighted by atomic mass is 35.5. The third-order valence-electron chi connectivity index (χ3n) is 2.89. The van der Waals surface area contributed by atoms with Gasteiger partial charge in [0.15, 0.2) is 0 Å². The molecule has 0 atom stereocenters. The monoisotopic (exact) mass is 289 g/mol. The van der Waals surface area contributed by atoms with Crippen LogP contribution in [0.15, 0.2) is 18.2 Å². The highest BCUT2D eigenvalue weighted by Crippen LogP contribution is 2.27. The van der Waals surface area contributed by atoms with Gasteiger partial charge < -0.3 is 15.5 Å². The van der Waals surface area contributed by atoms with Gasteiger partial charge in [-0.25, -0.2) is 0 Å². The number of rotatable bonds is 2. The Morgan fingerprint density at radius 1 is 1.39 bits per heavy atom. The van der Waals surface area contributed by atoms with E-state index in [0.29, 0.717) is 10.6 Å². The van der Waals surface area contributed by atoms with Gasteiger partial charge in [0.2, 0.25) is 0 Å². The van der Waals surface area contributed by atoms with Crippen molar-refractivity contribution in [2.75, 3.05) is 38.1 Å². The van der Waals surface area contributed by atoms with E-state index in [9.17, 15) is 4.79 Å². The van der Waals surface area contributed by atoms with Crippen molar-refractivity contribution in [3.05, 3.63) is 28.8 Å². The van der Waals surface area contributed by atoms with Crippen LogP contribution in [0.4, 0.5) is 5.69 Å². The topological polar surface area (TPSA) is 44.4 Å². The highest BCUT2D eigenvalue weighted by Gasteiger charge is 2.14. The lowest BCUT2D eigenvalue weighted by Gasteiger charge is -2.30. The summed E-state index contributed by atoms with van der Waals surface area (Å²) in [6, 6.07) is 5.44. The molecule has 2 N–H and O–H groups in total. The molecule has 0 aliphatic carbocycles. The van der Waals surface area contributed by atoms with E-state index in [1.54, 1.807) is 13.1 Å². The van der Waals surface area contributed by atoms with Crippen LogP contribution in [-0.4, -0.2) is 39.1 Å². The summed E-state index contributed by atoms with van der Waals surface area (Å²) in [6.07, 6.45) is 0. The predicted molar refractivity (Wildman–Crippen MR) is 77.2 cm³/mol. The van der Waals surface area contributed by atoms with E-state index in [1.165, 1.54) is 0 Å². The number of hydrogen-bond acceptors (Lipinski definition) is 3. The van der Waals surface area contributed by atoms with Gasteiger partial charge in [0.1, 0.15) is 0 Å². The summed E-state index contributed by atoms with van der Waals surface area (Å²) < 4.78 is 0. The van der Waals surface area contributed by atoms with Gasteiger partial charge in [0.05, 0.1) is 10.7 Å². The summed E-state index contributed by atoms with van der Waals surface area (Å²) in [7, 11) is 1.61. The number of nitrogens with zero attached hydrogens (tertiary/aromatic N) is 1. The van der Waals surface area contributed by atoms with Crippen LogP contribution in [0.5, 0.6) is 0 Å². The van der Waals surface area contributed by atoms with Gasteiger partial charge in [-0.1, -0.05) is 11.6 Å². The van der Waals surface area contributed by atoms with Crippen LogP contribution in [0.2, 0.25) is 5.02 Å². The van der Waals surface area contributed by atoms with E-state index in [0.717, 1.165) is 31.9 Å². The number of piperazine rings is 1. The number of carbonyl (C=O) groups excluding carboxylic acids is 1. The second-order valence-electron chi connectivity index (χ2n) is 3.98. The Kier molecular flexibility index (Phi) is 5.72. The number of halogens is 2. The molecule has 1 amide bonds. The van der Waals surface area contributed by atoms with Crippen molar-refractivity contribution in [3.8, 4) is 0 Å². The molecule has 0 spiro atoms. The van der Waals surface area contributed by atoms with E-state index in [4.69, 9.17) is 11.6 Å². The molecular formula is C12H17Cl2N3O. The molecule has 100 valence electrons. The zero-order valence-corrected chi connectivity index (χ0v) is 11.8. The number of hydrogen-bond donors (Lipinski definition) is 2. The summed E-state index contributed by atoms with van der Waals surface area (Å²) >= 11 is 6.22. The van der Waals surface area contributed by atoms with Crippen molar-refractivity contribution in [2.24, 2.45) is 0 Å². The molecule has 1 saturated heterocycles. The van der Waals surface area contributed by atoms with E-state index in [2.05, 4.69) is 15.5 Å². The Labute approximate surface area is 118 Å². The molecular weight excluding hydrogens is 273 g/mol. The number of amides is 1. The van der Waals surface area contributed by atoms with Crippen LogP contribution < -0.4 is 15.5 Å². The second kappa shape index (κ2) is 6.83. The van der Waals surface area contributed by atoms with E-state index >= 15 is 0 Å². The average Bonchev–Trinajstić information content (AvgIpc) is 2.38. The predicted octanol–water partition coefficient (Wildman–Crippen LogP) is 1.53. The molecule has 2 rings (SSSR count). The molecule has 1 aromatic carbocycles. The first kappa shape index (κ1) is 15.1. The first-order chi connectivity index (χ1) is 8.22. The molecule has 0 radical (unpaired) electrons. The maximum absolute atomic E-state index is 11.5. The summed E-state index contributed by atoms with van der Waals surface area (Å²) in [5.41, 5.74) is 1.59. The Bertz CT molecular complexity index is 420. The van der Waals surface area contributed by atoms with E-state index < -0.39 is 0 Å². The Morgan fingerprint density at radius 2 is 2.06 bits per heavy atom. The van der Waals surface area contributed by atoms with Crippen LogP contribution in [0.3, 0.4) is 0 Å². The van der Waals surface area contributed by atoms with Crippen molar-refractivity contribution in [2.45, 2.75) is 0 Å². The first-order valence-electron chi connectivity index (χ1n) is 5.69. The molecule has 4 nitrogen and oxygen atoms in total. The van der Waals surface area contributed by atoms with Crippen molar-refractivity contribution in [1.29, 1.82) is 0 Å². The zero-order valence-electron chi connectivity index (χ0n) is 10.2. The molecule has 0 aromatic heterocycles. The van der Waals surface area contributed by atoms with Crippen LogP contribution in [-0.2, 0) is 0 Å². The quantitative estimate of drug-likeness (QED) is 0.868. The summed E-state index contributed by atoms with van der Waals surface area (Å²) in [6.45, 7) is 3.82. The van der Waals surface area contributed by atoms with Crippen LogP contribution in [0, 0.1) is 0 Å². The lowest BCUT2D eigenvalue weighted by Crippen LogP contribution is -2.43. The van der Waals surface area contributed by atoms with Crippen LogP contribution in [0.25, 0.3) is 0 Å². The minimum absolute atomic E-state index is 0. The molecule has 0 bridgehead atoms. The smallest absolute Gasteiger partial charge is 0.251 e. The Balaban J connectivity index is 0.00000162. The van der Waals surface area contributed by atoms with Crippen LogP contribution in [0.1, 0.15) is 10.4 Å². The minimum atomic E-state index is -0.112. The zero-order chi connectivity index (χ0) is 12.3. The number of nitrogens with one attached hydrogen (secondary N) is 2. The van der Waals surface area contributed by atoms with Gasteiger partial charge >= 0.3 is 0 Å². The molecule has 0 unspecified atom stereocenters. The highest BCUT2D eigenvalue weighted by molar-refractivity contribution is 6.33. The van der Waals surface area contributed by atoms with E-state index in [1.807, 2.05) is 12.1 Å². The molecule has 18 heavy (non-hydrogen) atoms. The summed E-state index contributed by atoms with van der Waals surface area (Å²) in [4.78, 5) is 13.7. The fourth-order valence-corrected chi connectivity index (χ4v) is 2.25. The van der Waals surface area contributed by atoms with E-state index in [-0.39, 0.29) is 18.3 Å². The molecule has 1 aliphatic heterocycles. The minimum Gasteiger partial charge on any atom is -0.368 e. The first-order valence-corrected chi connectivity index (χ1v) is 6.07. The third kappa shape index (κ3) is 3.28. The van der Waals surface area contributed by atoms with Crippen LogP contribution >= 0.6 is 24.0 Å². The van der Waals surface area contributed by atoms with Crippen molar-refractivity contribution in [1.82, 2.24) is 10.6 Å². The molecule has 6 heteroatoms. The molecule has 1 fully saturated rings. The molecule has 1 aliphatic rings. The number of anilines is 1. The SMILES string of the molecule is CNC(=O)c1ccc(N2CCNCC2)c(Cl)c1.Cl. The van der Waals surface area contributed by atoms with Gasteiger partial charge in [0.25, 0.3) is 5.91 Å². The van der Waals surface area contributed by atoms with Gasteiger partial charge in [-0.3, -0.25) is 4.79 Å². The van der Waals surface area contributed by atoms with Crippen molar-refractivity contribution >= 4 is 35.6 Å². The normalized spacial score (nSPS) is 14.9. The fourth-order valence-electron chi connectivity index (χ4n) is 1.95. The lowest BCUT2D eigenvalue weighted by atomic mass is 10.1. The lowest BCUT2D eigenvalue weighted by molar-refractivity contribution is 0.0963. The Morgan fingerprint density at radius 3 is 2.61 bits per heavy atom. The average molecular weight is 290 g/mol.